The molecule has 0 aliphatic carbocycles. The molecule has 10 heteroatoms. The molecule has 0 bridgehead atoms. The molecule has 0 atom stereocenters. The molecular formula is C7H13Br2F3O4S. The lowest BCUT2D eigenvalue weighted by Gasteiger charge is -1.98. The highest BCUT2D eigenvalue weighted by Crippen LogP contribution is 2.20. The fraction of sp³-hybridized carbons (Fsp3) is 1.00. The van der Waals surface area contributed by atoms with Gasteiger partial charge in [-0.2, -0.15) is 21.6 Å². The molecule has 4 nitrogen and oxygen atoms in total. The number of halogens is 5. The van der Waals surface area contributed by atoms with Crippen molar-refractivity contribution in [2.24, 2.45) is 0 Å². The van der Waals surface area contributed by atoms with Crippen LogP contribution in [0.4, 0.5) is 13.2 Å². The number of alkyl halides is 5. The summed E-state index contributed by atoms with van der Waals surface area (Å²) >= 11 is 6.66. The predicted molar refractivity (Wildman–Crippen MR) is 65.2 cm³/mol. The van der Waals surface area contributed by atoms with Crippen LogP contribution in [0.3, 0.4) is 0 Å². The van der Waals surface area contributed by atoms with Crippen molar-refractivity contribution < 1.29 is 30.9 Å². The van der Waals surface area contributed by atoms with Gasteiger partial charge in [-0.05, 0) is 12.8 Å². The normalized spacial score (nSPS) is 11.9. The third kappa shape index (κ3) is 14.6. The minimum absolute atomic E-state index is 0.887. The second-order valence-corrected chi connectivity index (χ2v) is 5.62. The summed E-state index contributed by atoms with van der Waals surface area (Å²) < 4.78 is 62.8. The average Bonchev–Trinajstić information content (AvgIpc) is 2.15. The van der Waals surface area contributed by atoms with Crippen molar-refractivity contribution in [2.75, 3.05) is 23.9 Å². The molecule has 0 saturated heterocycles. The Labute approximate surface area is 115 Å². The van der Waals surface area contributed by atoms with Gasteiger partial charge in [0.15, 0.2) is 0 Å². The first-order chi connectivity index (χ1) is 7.66. The second-order valence-electron chi connectivity index (χ2n) is 2.62. The molecule has 1 N–H and O–H groups in total. The fourth-order valence-corrected chi connectivity index (χ4v) is 0.873. The van der Waals surface area contributed by atoms with Gasteiger partial charge < -0.3 is 4.74 Å². The Hall–Kier alpha value is 0.620. The molecule has 106 valence electrons. The first kappa shape index (κ1) is 19.9. The van der Waals surface area contributed by atoms with E-state index < -0.39 is 15.6 Å². The Kier molecular flexibility index (Phi) is 12.4. The van der Waals surface area contributed by atoms with Crippen LogP contribution in [-0.4, -0.2) is 42.4 Å². The lowest BCUT2D eigenvalue weighted by molar-refractivity contribution is -0.0510. The molecule has 0 aromatic rings. The van der Waals surface area contributed by atoms with E-state index in [-0.39, 0.29) is 0 Å². The topological polar surface area (TPSA) is 63.6 Å². The summed E-state index contributed by atoms with van der Waals surface area (Å²) in [6.45, 7) is 1.77. The number of rotatable bonds is 6. The van der Waals surface area contributed by atoms with E-state index in [0.29, 0.717) is 0 Å². The molecule has 0 saturated carbocycles. The van der Waals surface area contributed by atoms with Crippen molar-refractivity contribution in [1.29, 1.82) is 0 Å². The first-order valence-corrected chi connectivity index (χ1v) is 8.08. The molecule has 17 heavy (non-hydrogen) atoms. The first-order valence-electron chi connectivity index (χ1n) is 4.40. The quantitative estimate of drug-likeness (QED) is 0.317. The fourth-order valence-electron chi connectivity index (χ4n) is 0.415. The van der Waals surface area contributed by atoms with Gasteiger partial charge in [0.2, 0.25) is 0 Å². The van der Waals surface area contributed by atoms with E-state index in [2.05, 4.69) is 31.9 Å². The van der Waals surface area contributed by atoms with Gasteiger partial charge in [0.1, 0.15) is 0 Å². The summed E-state index contributed by atoms with van der Waals surface area (Å²) in [6.07, 6.45) is 2.23. The van der Waals surface area contributed by atoms with Gasteiger partial charge in [-0.15, -0.1) is 0 Å². The van der Waals surface area contributed by atoms with Crippen LogP contribution in [0.1, 0.15) is 12.8 Å². The van der Waals surface area contributed by atoms with E-state index in [1.165, 1.54) is 0 Å². The Balaban J connectivity index is 0. The third-order valence-electron chi connectivity index (χ3n) is 1.14. The summed E-state index contributed by atoms with van der Waals surface area (Å²) in [4.78, 5) is 0. The Bertz CT molecular complexity index is 263. The van der Waals surface area contributed by atoms with Gasteiger partial charge in [0.25, 0.3) is 0 Å². The Morgan fingerprint density at radius 2 is 1.35 bits per heavy atom. The number of hydrogen-bond donors (Lipinski definition) is 1. The monoisotopic (exact) mass is 408 g/mol. The van der Waals surface area contributed by atoms with Crippen molar-refractivity contribution in [1.82, 2.24) is 0 Å². The molecule has 0 amide bonds. The minimum atomic E-state index is -5.84. The summed E-state index contributed by atoms with van der Waals surface area (Å²) in [5, 5.41) is 2.09. The molecule has 0 unspecified atom stereocenters. The molecule has 0 spiro atoms. The summed E-state index contributed by atoms with van der Waals surface area (Å²) in [5.41, 5.74) is -5.53. The molecule has 0 aromatic heterocycles. The van der Waals surface area contributed by atoms with Crippen molar-refractivity contribution in [2.45, 2.75) is 18.3 Å². The maximum Gasteiger partial charge on any atom is 0.522 e. The standard InChI is InChI=1S/C6H12Br2O.CHF3O3S/c7-3-1-5-9-6-2-4-8;2-1(3,4)8(5,6)7/h1-6H2;(H,5,6,7). The zero-order chi connectivity index (χ0) is 13.9. The van der Waals surface area contributed by atoms with Crippen LogP contribution in [-0.2, 0) is 14.9 Å². The van der Waals surface area contributed by atoms with Crippen LogP contribution >= 0.6 is 31.9 Å². The van der Waals surface area contributed by atoms with Gasteiger partial charge in [-0.1, -0.05) is 31.9 Å². The van der Waals surface area contributed by atoms with Gasteiger partial charge >= 0.3 is 15.6 Å². The zero-order valence-corrected chi connectivity index (χ0v) is 12.7. The van der Waals surface area contributed by atoms with E-state index >= 15 is 0 Å². The molecule has 0 aromatic carbocycles. The number of ether oxygens (including phenoxy) is 1. The molecule has 0 radical (unpaired) electrons. The molecule has 0 rings (SSSR count). The SMILES string of the molecule is BrCCCOCCCBr.O=S(=O)(O)C(F)(F)F. The Morgan fingerprint density at radius 3 is 1.53 bits per heavy atom. The van der Waals surface area contributed by atoms with Gasteiger partial charge in [0.05, 0.1) is 0 Å². The van der Waals surface area contributed by atoms with Crippen LogP contribution < -0.4 is 0 Å². The van der Waals surface area contributed by atoms with Crippen LogP contribution in [0, 0.1) is 0 Å². The summed E-state index contributed by atoms with van der Waals surface area (Å²) in [6, 6.07) is 0. The largest absolute Gasteiger partial charge is 0.522 e. The minimum Gasteiger partial charge on any atom is -0.381 e. The van der Waals surface area contributed by atoms with Crippen molar-refractivity contribution in [3.63, 3.8) is 0 Å². The smallest absolute Gasteiger partial charge is 0.381 e. The van der Waals surface area contributed by atoms with Crippen LogP contribution in [0.2, 0.25) is 0 Å². The molecule has 0 fully saturated rings. The van der Waals surface area contributed by atoms with E-state index in [9.17, 15) is 13.2 Å². The average molecular weight is 410 g/mol. The lowest BCUT2D eigenvalue weighted by atomic mass is 10.5. The van der Waals surface area contributed by atoms with E-state index in [1.807, 2.05) is 0 Å². The van der Waals surface area contributed by atoms with Gasteiger partial charge in [0, 0.05) is 23.9 Å². The van der Waals surface area contributed by atoms with Crippen molar-refractivity contribution >= 4 is 42.0 Å². The Morgan fingerprint density at radius 1 is 1.06 bits per heavy atom. The van der Waals surface area contributed by atoms with E-state index in [4.69, 9.17) is 17.7 Å². The third-order valence-corrected chi connectivity index (χ3v) is 2.84. The van der Waals surface area contributed by atoms with Gasteiger partial charge in [-0.3, -0.25) is 4.55 Å². The highest BCUT2D eigenvalue weighted by atomic mass is 79.9. The molecule has 0 aliphatic heterocycles. The lowest BCUT2D eigenvalue weighted by Crippen LogP contribution is -2.21. The van der Waals surface area contributed by atoms with Crippen LogP contribution in [0.15, 0.2) is 0 Å². The second kappa shape index (κ2) is 10.5. The number of hydrogen-bond acceptors (Lipinski definition) is 3. The highest BCUT2D eigenvalue weighted by molar-refractivity contribution is 9.09. The maximum absolute atomic E-state index is 10.7. The summed E-state index contributed by atoms with van der Waals surface area (Å²) in [7, 11) is -5.84. The van der Waals surface area contributed by atoms with Crippen molar-refractivity contribution in [3.8, 4) is 0 Å². The molecule has 0 aliphatic rings. The maximum atomic E-state index is 10.7. The van der Waals surface area contributed by atoms with Crippen LogP contribution in [0.25, 0.3) is 0 Å². The predicted octanol–water partition coefficient (Wildman–Crippen LogP) is 2.97. The zero-order valence-electron chi connectivity index (χ0n) is 8.71. The van der Waals surface area contributed by atoms with Crippen LogP contribution in [0.5, 0.6) is 0 Å². The summed E-state index contributed by atoms with van der Waals surface area (Å²) in [5.74, 6) is 0. The van der Waals surface area contributed by atoms with E-state index in [1.54, 1.807) is 0 Å². The molecule has 0 heterocycles. The highest BCUT2D eigenvalue weighted by Gasteiger charge is 2.44. The van der Waals surface area contributed by atoms with E-state index in [0.717, 1.165) is 36.7 Å². The van der Waals surface area contributed by atoms with Crippen molar-refractivity contribution in [3.05, 3.63) is 0 Å². The van der Waals surface area contributed by atoms with Gasteiger partial charge in [-0.25, -0.2) is 0 Å². The molecular weight excluding hydrogens is 397 g/mol.